The van der Waals surface area contributed by atoms with Crippen molar-refractivity contribution in [3.63, 3.8) is 0 Å². The third-order valence-electron chi connectivity index (χ3n) is 7.44. The summed E-state index contributed by atoms with van der Waals surface area (Å²) in [5.41, 5.74) is 6.45. The number of hydrogen-bond donors (Lipinski definition) is 1. The van der Waals surface area contributed by atoms with E-state index in [1.807, 2.05) is 96.5 Å². The van der Waals surface area contributed by atoms with Crippen LogP contribution in [0.5, 0.6) is 11.5 Å². The quantitative estimate of drug-likeness (QED) is 0.250. The van der Waals surface area contributed by atoms with Crippen LogP contribution in [0.25, 0.3) is 5.69 Å². The molecule has 0 saturated carbocycles. The van der Waals surface area contributed by atoms with Gasteiger partial charge < -0.3 is 19.7 Å². The summed E-state index contributed by atoms with van der Waals surface area (Å²) in [4.78, 5) is 12.6. The van der Waals surface area contributed by atoms with Crippen molar-refractivity contribution in [3.8, 4) is 17.2 Å². The molecule has 1 N–H and O–H groups in total. The van der Waals surface area contributed by atoms with Crippen molar-refractivity contribution in [1.82, 2.24) is 9.78 Å². The molecule has 0 spiro atoms. The zero-order chi connectivity index (χ0) is 27.5. The number of nitrogens with one attached hydrogen (secondary N) is 1. The van der Waals surface area contributed by atoms with Gasteiger partial charge in [-0.1, -0.05) is 54.1 Å². The largest absolute Gasteiger partial charge is 0.454 e. The van der Waals surface area contributed by atoms with Gasteiger partial charge in [0.05, 0.1) is 28.8 Å². The molecule has 0 amide bonds. The minimum atomic E-state index is -0.251. The Bertz CT molecular complexity index is 1900. The van der Waals surface area contributed by atoms with Crippen molar-refractivity contribution in [2.45, 2.75) is 13.0 Å². The first-order valence-corrected chi connectivity index (χ1v) is 13.6. The van der Waals surface area contributed by atoms with E-state index in [1.165, 1.54) is 0 Å². The lowest BCUT2D eigenvalue weighted by Gasteiger charge is -2.40. The van der Waals surface area contributed by atoms with Crippen LogP contribution >= 0.6 is 11.6 Å². The van der Waals surface area contributed by atoms with Crippen LogP contribution < -0.4 is 19.7 Å². The average molecular weight is 559 g/mol. The molecule has 0 unspecified atom stereocenters. The normalized spacial score (nSPS) is 16.3. The van der Waals surface area contributed by atoms with Crippen molar-refractivity contribution in [3.05, 3.63) is 119 Å². The van der Waals surface area contributed by atoms with Gasteiger partial charge in [0.25, 0.3) is 0 Å². The van der Waals surface area contributed by atoms with Gasteiger partial charge in [0.1, 0.15) is 0 Å². The second-order valence-electron chi connectivity index (χ2n) is 9.98. The van der Waals surface area contributed by atoms with Crippen molar-refractivity contribution in [2.75, 3.05) is 17.0 Å². The summed E-state index contributed by atoms with van der Waals surface area (Å²) in [6, 6.07) is 31.6. The van der Waals surface area contributed by atoms with Gasteiger partial charge in [-0.2, -0.15) is 5.10 Å². The number of ether oxygens (including phenoxy) is 2. The Kier molecular flexibility index (Phi) is 5.36. The molecule has 5 aromatic rings. The highest BCUT2D eigenvalue weighted by molar-refractivity contribution is 6.51. The zero-order valence-electron chi connectivity index (χ0n) is 22.0. The van der Waals surface area contributed by atoms with Crippen molar-refractivity contribution in [2.24, 2.45) is 9.98 Å². The first-order chi connectivity index (χ1) is 20.1. The molecule has 0 aliphatic carbocycles. The fraction of sp³-hybridized carbons (Fsp3) is 0.0938. The number of rotatable bonds is 3. The fourth-order valence-electron chi connectivity index (χ4n) is 5.65. The molecule has 0 radical (unpaired) electrons. The summed E-state index contributed by atoms with van der Waals surface area (Å²) in [5.74, 6) is 3.45. The number of anilines is 2. The monoisotopic (exact) mass is 558 g/mol. The van der Waals surface area contributed by atoms with E-state index in [1.54, 1.807) is 0 Å². The van der Waals surface area contributed by atoms with E-state index in [0.717, 1.165) is 51.1 Å². The molecule has 0 fully saturated rings. The SMILES string of the molecule is Cc1nn(-c2ccccc2)c2c1[C@@H](c1cccc(Cl)c1)N1C(=N2)C(Nc2ccc3c(c2)OCO3)=Nc2ccccc21. The lowest BCUT2D eigenvalue weighted by atomic mass is 9.93. The molecule has 3 aliphatic heterocycles. The second-order valence-corrected chi connectivity index (χ2v) is 10.4. The van der Waals surface area contributed by atoms with Crippen LogP contribution in [0, 0.1) is 6.92 Å². The third kappa shape index (κ3) is 3.87. The first kappa shape index (κ1) is 23.8. The van der Waals surface area contributed by atoms with Crippen LogP contribution in [0.15, 0.2) is 107 Å². The van der Waals surface area contributed by atoms with Crippen LogP contribution in [0.3, 0.4) is 0 Å². The lowest BCUT2D eigenvalue weighted by Crippen LogP contribution is -2.46. The van der Waals surface area contributed by atoms with Gasteiger partial charge in [-0.3, -0.25) is 0 Å². The minimum Gasteiger partial charge on any atom is -0.454 e. The molecule has 4 heterocycles. The highest BCUT2D eigenvalue weighted by Gasteiger charge is 2.41. The number of amidine groups is 2. The summed E-state index contributed by atoms with van der Waals surface area (Å²) in [5, 5.41) is 9.16. The predicted octanol–water partition coefficient (Wildman–Crippen LogP) is 7.36. The van der Waals surface area contributed by atoms with E-state index >= 15 is 0 Å². The number of hydrogen-bond acceptors (Lipinski definition) is 7. The molecule has 0 saturated heterocycles. The Balaban J connectivity index is 1.37. The van der Waals surface area contributed by atoms with Gasteiger partial charge in [0, 0.05) is 22.3 Å². The third-order valence-corrected chi connectivity index (χ3v) is 7.67. The fourth-order valence-corrected chi connectivity index (χ4v) is 5.85. The Morgan fingerprint density at radius 3 is 2.56 bits per heavy atom. The van der Waals surface area contributed by atoms with Gasteiger partial charge >= 0.3 is 0 Å². The maximum absolute atomic E-state index is 6.56. The molecule has 4 aromatic carbocycles. The minimum absolute atomic E-state index is 0.209. The Hall–Kier alpha value is -5.08. The molecule has 1 aromatic heterocycles. The molecular formula is C32H23ClN6O2. The number of benzene rings is 4. The zero-order valence-corrected chi connectivity index (χ0v) is 22.7. The maximum atomic E-state index is 6.56. The summed E-state index contributed by atoms with van der Waals surface area (Å²) >= 11 is 6.56. The molecule has 1 atom stereocenters. The van der Waals surface area contributed by atoms with Gasteiger partial charge in [-0.25, -0.2) is 14.7 Å². The smallest absolute Gasteiger partial charge is 0.231 e. The van der Waals surface area contributed by atoms with Gasteiger partial charge in [-0.15, -0.1) is 0 Å². The number of fused-ring (bicyclic) bond motifs is 5. The second kappa shape index (κ2) is 9.25. The standard InChI is InChI=1S/C32H23ClN6O2/c1-19-28-29(20-8-7-9-21(33)16-20)38-25-13-6-5-12-24(25)35-30(34-22-14-15-26-27(17-22)41-18-40-26)32(38)36-31(28)39(37-19)23-10-3-2-4-11-23/h2-17,29H,18H2,1H3,(H,34,35)/t29-/m1/s1. The Labute approximate surface area is 241 Å². The highest BCUT2D eigenvalue weighted by Crippen LogP contribution is 2.48. The molecule has 3 aliphatic rings. The Morgan fingerprint density at radius 2 is 1.68 bits per heavy atom. The summed E-state index contributed by atoms with van der Waals surface area (Å²) < 4.78 is 13.0. The average Bonchev–Trinajstić information content (AvgIpc) is 3.60. The highest BCUT2D eigenvalue weighted by atomic mass is 35.5. The summed E-state index contributed by atoms with van der Waals surface area (Å²) in [6.45, 7) is 2.24. The predicted molar refractivity (Wildman–Crippen MR) is 161 cm³/mol. The van der Waals surface area contributed by atoms with E-state index in [-0.39, 0.29) is 12.8 Å². The van der Waals surface area contributed by atoms with Gasteiger partial charge in [-0.05, 0) is 61.0 Å². The molecule has 200 valence electrons. The topological polar surface area (TPSA) is 76.3 Å². The van der Waals surface area contributed by atoms with Crippen LogP contribution in [-0.4, -0.2) is 28.2 Å². The van der Waals surface area contributed by atoms with E-state index in [0.29, 0.717) is 22.4 Å². The first-order valence-electron chi connectivity index (χ1n) is 13.3. The number of aromatic nitrogens is 2. The van der Waals surface area contributed by atoms with E-state index in [4.69, 9.17) is 36.2 Å². The summed E-state index contributed by atoms with van der Waals surface area (Å²) in [7, 11) is 0. The molecular weight excluding hydrogens is 536 g/mol. The molecule has 9 heteroatoms. The van der Waals surface area contributed by atoms with Crippen LogP contribution in [0.2, 0.25) is 5.02 Å². The molecule has 8 rings (SSSR count). The van der Waals surface area contributed by atoms with E-state index in [9.17, 15) is 0 Å². The number of nitrogens with zero attached hydrogens (tertiary/aromatic N) is 5. The molecule has 0 bridgehead atoms. The van der Waals surface area contributed by atoms with Crippen molar-refractivity contribution >= 4 is 46.2 Å². The van der Waals surface area contributed by atoms with Gasteiger partial charge in [0.2, 0.25) is 6.79 Å². The number of aliphatic imine (C=N–C) groups is 2. The summed E-state index contributed by atoms with van der Waals surface area (Å²) in [6.07, 6.45) is 0. The molecule has 8 nitrogen and oxygen atoms in total. The lowest BCUT2D eigenvalue weighted by molar-refractivity contribution is 0.174. The maximum Gasteiger partial charge on any atom is 0.231 e. The van der Waals surface area contributed by atoms with E-state index < -0.39 is 0 Å². The number of halogens is 1. The molecule has 41 heavy (non-hydrogen) atoms. The Morgan fingerprint density at radius 1 is 0.854 bits per heavy atom. The van der Waals surface area contributed by atoms with Crippen LogP contribution in [-0.2, 0) is 0 Å². The number of aryl methyl sites for hydroxylation is 1. The van der Waals surface area contributed by atoms with Gasteiger partial charge in [0.15, 0.2) is 29.0 Å². The number of para-hydroxylation sites is 3. The van der Waals surface area contributed by atoms with E-state index in [2.05, 4.69) is 22.3 Å². The van der Waals surface area contributed by atoms with Crippen LogP contribution in [0.1, 0.15) is 22.9 Å². The van der Waals surface area contributed by atoms with Crippen molar-refractivity contribution in [1.29, 1.82) is 0 Å². The van der Waals surface area contributed by atoms with Crippen molar-refractivity contribution < 1.29 is 9.47 Å². The van der Waals surface area contributed by atoms with Crippen LogP contribution in [0.4, 0.5) is 22.9 Å².